The molecule has 19 heavy (non-hydrogen) atoms. The van der Waals surface area contributed by atoms with Crippen molar-refractivity contribution in [3.63, 3.8) is 0 Å². The number of aromatic nitrogens is 1. The van der Waals surface area contributed by atoms with Gasteiger partial charge in [-0.25, -0.2) is 0 Å². The molecule has 0 aliphatic heterocycles. The summed E-state index contributed by atoms with van der Waals surface area (Å²) in [5.41, 5.74) is 7.41. The lowest BCUT2D eigenvalue weighted by Crippen LogP contribution is -2.37. The van der Waals surface area contributed by atoms with Gasteiger partial charge < -0.3 is 5.43 Å². The maximum absolute atomic E-state index is 11.8. The molecule has 1 amide bonds. The molecule has 4 heteroatoms. The molecule has 4 nitrogen and oxygen atoms in total. The van der Waals surface area contributed by atoms with Gasteiger partial charge in [0.25, 0.3) is 5.91 Å². The van der Waals surface area contributed by atoms with Crippen LogP contribution in [0.1, 0.15) is 49.4 Å². The Kier molecular flexibility index (Phi) is 4.95. The predicted molar refractivity (Wildman–Crippen MR) is 75.2 cm³/mol. The second-order valence-electron chi connectivity index (χ2n) is 4.98. The summed E-state index contributed by atoms with van der Waals surface area (Å²) in [6, 6.07) is 3.50. The lowest BCUT2D eigenvalue weighted by Gasteiger charge is -2.22. The number of carbonyl (C=O) groups excluding carboxylic acids is 1. The number of rotatable bonds is 5. The van der Waals surface area contributed by atoms with E-state index in [4.69, 9.17) is 0 Å². The van der Waals surface area contributed by atoms with Crippen molar-refractivity contribution in [2.24, 2.45) is 5.92 Å². The average molecular weight is 259 g/mol. The summed E-state index contributed by atoms with van der Waals surface area (Å²) < 4.78 is 0. The minimum absolute atomic E-state index is 0.148. The average Bonchev–Trinajstić information content (AvgIpc) is 2.47. The van der Waals surface area contributed by atoms with Crippen LogP contribution in [0.15, 0.2) is 36.3 Å². The number of hydrazine groups is 1. The fraction of sp³-hybridized carbons (Fsp3) is 0.467. The zero-order chi connectivity index (χ0) is 13.5. The molecule has 0 spiro atoms. The Morgan fingerprint density at radius 2 is 2.42 bits per heavy atom. The van der Waals surface area contributed by atoms with Crippen LogP contribution in [-0.2, 0) is 0 Å². The third-order valence-corrected chi connectivity index (χ3v) is 3.48. The van der Waals surface area contributed by atoms with Gasteiger partial charge in [-0.1, -0.05) is 25.8 Å². The van der Waals surface area contributed by atoms with Crippen LogP contribution in [0.5, 0.6) is 0 Å². The Bertz CT molecular complexity index is 442. The molecule has 1 heterocycles. The summed E-state index contributed by atoms with van der Waals surface area (Å²) in [5.74, 6) is 0.661. The molecular weight excluding hydrogens is 238 g/mol. The first kappa shape index (κ1) is 13.6. The van der Waals surface area contributed by atoms with Gasteiger partial charge in [-0.05, 0) is 37.3 Å². The largest absolute Gasteiger partial charge is 0.303 e. The number of allylic oxidation sites excluding steroid dienone is 2. The van der Waals surface area contributed by atoms with E-state index in [1.807, 2.05) is 0 Å². The molecule has 1 aliphatic rings. The van der Waals surface area contributed by atoms with Gasteiger partial charge in [-0.3, -0.25) is 15.2 Å². The molecule has 1 aromatic heterocycles. The van der Waals surface area contributed by atoms with Crippen molar-refractivity contribution in [2.45, 2.75) is 39.0 Å². The van der Waals surface area contributed by atoms with Crippen LogP contribution in [0.25, 0.3) is 0 Å². The van der Waals surface area contributed by atoms with E-state index in [1.54, 1.807) is 24.5 Å². The van der Waals surface area contributed by atoms with Crippen molar-refractivity contribution in [1.82, 2.24) is 15.8 Å². The lowest BCUT2D eigenvalue weighted by atomic mass is 9.89. The van der Waals surface area contributed by atoms with Crippen LogP contribution in [0.4, 0.5) is 0 Å². The summed E-state index contributed by atoms with van der Waals surface area (Å²) in [5, 5.41) is 0. The highest BCUT2D eigenvalue weighted by molar-refractivity contribution is 5.93. The van der Waals surface area contributed by atoms with Gasteiger partial charge in [0.1, 0.15) is 0 Å². The zero-order valence-corrected chi connectivity index (χ0v) is 11.4. The van der Waals surface area contributed by atoms with Crippen molar-refractivity contribution in [3.8, 4) is 0 Å². The molecule has 0 aromatic carbocycles. The number of nitrogens with zero attached hydrogens (tertiary/aromatic N) is 1. The van der Waals surface area contributed by atoms with Gasteiger partial charge in [0.15, 0.2) is 0 Å². The molecule has 102 valence electrons. The molecule has 1 aliphatic carbocycles. The van der Waals surface area contributed by atoms with Crippen LogP contribution < -0.4 is 10.9 Å². The number of nitrogens with one attached hydrogen (secondary N) is 2. The first-order valence-electron chi connectivity index (χ1n) is 6.95. The minimum Gasteiger partial charge on any atom is -0.303 e. The van der Waals surface area contributed by atoms with Gasteiger partial charge >= 0.3 is 0 Å². The lowest BCUT2D eigenvalue weighted by molar-refractivity contribution is 0.0937. The Morgan fingerprint density at radius 3 is 3.05 bits per heavy atom. The highest BCUT2D eigenvalue weighted by Gasteiger charge is 2.14. The monoisotopic (exact) mass is 259 g/mol. The van der Waals surface area contributed by atoms with Gasteiger partial charge in [-0.15, -0.1) is 0 Å². The van der Waals surface area contributed by atoms with Crippen LogP contribution in [0, 0.1) is 5.92 Å². The smallest absolute Gasteiger partial charge is 0.271 e. The van der Waals surface area contributed by atoms with E-state index in [0.29, 0.717) is 5.56 Å². The van der Waals surface area contributed by atoms with Gasteiger partial charge in [0.2, 0.25) is 0 Å². The fourth-order valence-corrected chi connectivity index (χ4v) is 2.38. The van der Waals surface area contributed by atoms with E-state index >= 15 is 0 Å². The third kappa shape index (κ3) is 4.09. The van der Waals surface area contributed by atoms with Crippen LogP contribution >= 0.6 is 0 Å². The highest BCUT2D eigenvalue weighted by Crippen LogP contribution is 2.25. The number of hydrogen-bond donors (Lipinski definition) is 2. The molecule has 0 saturated carbocycles. The maximum Gasteiger partial charge on any atom is 0.271 e. The SMILES string of the molecule is CCC[C@H]1CC=C(NNC(=O)c2cccnc2)CC1. The number of carbonyl (C=O) groups is 1. The molecule has 1 atom stereocenters. The first-order chi connectivity index (χ1) is 9.29. The Morgan fingerprint density at radius 1 is 1.53 bits per heavy atom. The van der Waals surface area contributed by atoms with E-state index in [-0.39, 0.29) is 5.91 Å². The molecule has 0 radical (unpaired) electrons. The summed E-state index contributed by atoms with van der Waals surface area (Å²) in [7, 11) is 0. The Labute approximate surface area is 114 Å². The molecule has 2 N–H and O–H groups in total. The molecule has 2 rings (SSSR count). The van der Waals surface area contributed by atoms with Crippen LogP contribution in [0.2, 0.25) is 0 Å². The second kappa shape index (κ2) is 6.92. The summed E-state index contributed by atoms with van der Waals surface area (Å²) in [4.78, 5) is 15.7. The van der Waals surface area contributed by atoms with E-state index in [1.165, 1.54) is 19.3 Å². The summed E-state index contributed by atoms with van der Waals surface area (Å²) in [6.45, 7) is 2.23. The van der Waals surface area contributed by atoms with E-state index in [2.05, 4.69) is 28.8 Å². The molecule has 0 saturated heterocycles. The number of amides is 1. The van der Waals surface area contributed by atoms with Gasteiger partial charge in [0.05, 0.1) is 5.56 Å². The Hall–Kier alpha value is -1.84. The quantitative estimate of drug-likeness (QED) is 0.799. The van der Waals surface area contributed by atoms with Crippen molar-refractivity contribution < 1.29 is 4.79 Å². The Balaban J connectivity index is 1.79. The highest BCUT2D eigenvalue weighted by atomic mass is 16.2. The van der Waals surface area contributed by atoms with Crippen molar-refractivity contribution >= 4 is 5.91 Å². The second-order valence-corrected chi connectivity index (χ2v) is 4.98. The number of pyridine rings is 1. The normalized spacial score (nSPS) is 18.6. The maximum atomic E-state index is 11.8. The van der Waals surface area contributed by atoms with Gasteiger partial charge in [-0.2, -0.15) is 0 Å². The van der Waals surface area contributed by atoms with Crippen molar-refractivity contribution in [3.05, 3.63) is 41.9 Å². The van der Waals surface area contributed by atoms with E-state index in [9.17, 15) is 4.79 Å². The van der Waals surface area contributed by atoms with Gasteiger partial charge in [0, 0.05) is 18.1 Å². The van der Waals surface area contributed by atoms with Crippen LogP contribution in [0.3, 0.4) is 0 Å². The molecule has 0 fully saturated rings. The third-order valence-electron chi connectivity index (χ3n) is 3.48. The molecule has 0 bridgehead atoms. The molecule has 0 unspecified atom stereocenters. The minimum atomic E-state index is -0.148. The molecule has 1 aromatic rings. The number of hydrogen-bond acceptors (Lipinski definition) is 3. The standard InChI is InChI=1S/C15H21N3O/c1-2-4-12-6-8-14(9-7-12)17-18-15(19)13-5-3-10-16-11-13/h3,5,8,10-12,17H,2,4,6-7,9H2,1H3,(H,18,19)/t12-/m0/s1. The summed E-state index contributed by atoms with van der Waals surface area (Å²) in [6.07, 6.45) is 11.3. The van der Waals surface area contributed by atoms with Crippen LogP contribution in [-0.4, -0.2) is 10.9 Å². The van der Waals surface area contributed by atoms with Crippen molar-refractivity contribution in [1.29, 1.82) is 0 Å². The zero-order valence-electron chi connectivity index (χ0n) is 11.4. The first-order valence-corrected chi connectivity index (χ1v) is 6.95. The van der Waals surface area contributed by atoms with E-state index in [0.717, 1.165) is 24.5 Å². The summed E-state index contributed by atoms with van der Waals surface area (Å²) >= 11 is 0. The van der Waals surface area contributed by atoms with Crippen molar-refractivity contribution in [2.75, 3.05) is 0 Å². The topological polar surface area (TPSA) is 54.0 Å². The fourth-order valence-electron chi connectivity index (χ4n) is 2.38. The molecular formula is C15H21N3O. The van der Waals surface area contributed by atoms with E-state index < -0.39 is 0 Å². The predicted octanol–water partition coefficient (Wildman–Crippen LogP) is 2.80.